The van der Waals surface area contributed by atoms with Gasteiger partial charge >= 0.3 is 5.97 Å². The molecule has 100 valence electrons. The Morgan fingerprint density at radius 1 is 1.26 bits per heavy atom. The molecule has 3 nitrogen and oxygen atoms in total. The molecule has 1 aromatic carbocycles. The highest BCUT2D eigenvalue weighted by Crippen LogP contribution is 2.36. The van der Waals surface area contributed by atoms with Crippen LogP contribution in [-0.2, 0) is 9.53 Å². The van der Waals surface area contributed by atoms with E-state index < -0.39 is 0 Å². The van der Waals surface area contributed by atoms with Crippen LogP contribution in [0.2, 0.25) is 0 Å². The maximum Gasteiger partial charge on any atom is 0.308 e. The van der Waals surface area contributed by atoms with Crippen LogP contribution in [-0.4, -0.2) is 12.6 Å². The number of nitrogens with zero attached hydrogens (tertiary/aromatic N) is 1. The van der Waals surface area contributed by atoms with E-state index in [0.29, 0.717) is 18.1 Å². The molecule has 0 unspecified atom stereocenters. The summed E-state index contributed by atoms with van der Waals surface area (Å²) in [6, 6.07) is 9.94. The van der Waals surface area contributed by atoms with E-state index in [4.69, 9.17) is 10.00 Å². The number of rotatable bonds is 3. The van der Waals surface area contributed by atoms with Crippen molar-refractivity contribution in [1.82, 2.24) is 0 Å². The molecule has 3 heteroatoms. The Labute approximate surface area is 114 Å². The Morgan fingerprint density at radius 3 is 2.42 bits per heavy atom. The molecule has 0 N–H and O–H groups in total. The van der Waals surface area contributed by atoms with Crippen molar-refractivity contribution >= 4 is 5.97 Å². The molecule has 1 saturated carbocycles. The van der Waals surface area contributed by atoms with Gasteiger partial charge in [0.2, 0.25) is 0 Å². The quantitative estimate of drug-likeness (QED) is 0.780. The summed E-state index contributed by atoms with van der Waals surface area (Å²) >= 11 is 0. The number of hydrogen-bond donors (Lipinski definition) is 0. The fourth-order valence-corrected chi connectivity index (χ4v) is 2.75. The molecule has 19 heavy (non-hydrogen) atoms. The van der Waals surface area contributed by atoms with E-state index in [0.717, 1.165) is 25.7 Å². The zero-order valence-corrected chi connectivity index (χ0v) is 11.3. The van der Waals surface area contributed by atoms with Gasteiger partial charge in [0.15, 0.2) is 0 Å². The minimum atomic E-state index is -0.0409. The van der Waals surface area contributed by atoms with Crippen molar-refractivity contribution in [2.45, 2.75) is 38.5 Å². The monoisotopic (exact) mass is 257 g/mol. The second kappa shape index (κ2) is 6.38. The Morgan fingerprint density at radius 2 is 1.89 bits per heavy atom. The number of benzene rings is 1. The second-order valence-electron chi connectivity index (χ2n) is 5.03. The van der Waals surface area contributed by atoms with Crippen LogP contribution in [0.5, 0.6) is 0 Å². The average Bonchev–Trinajstić information content (AvgIpc) is 2.48. The third-order valence-corrected chi connectivity index (χ3v) is 3.86. The molecule has 2 rings (SSSR count). The van der Waals surface area contributed by atoms with Crippen molar-refractivity contribution in [3.05, 3.63) is 35.4 Å². The van der Waals surface area contributed by atoms with Crippen LogP contribution in [0.3, 0.4) is 0 Å². The Hall–Kier alpha value is -1.82. The molecule has 0 aliphatic heterocycles. The molecule has 0 amide bonds. The Bertz CT molecular complexity index is 465. The normalized spacial score (nSPS) is 22.5. The van der Waals surface area contributed by atoms with Gasteiger partial charge in [-0.15, -0.1) is 0 Å². The summed E-state index contributed by atoms with van der Waals surface area (Å²) in [6.45, 7) is 2.31. The number of carbonyl (C=O) groups excluding carboxylic acids is 1. The lowest BCUT2D eigenvalue weighted by Crippen LogP contribution is -2.23. The van der Waals surface area contributed by atoms with Gasteiger partial charge in [-0.05, 0) is 56.2 Å². The third kappa shape index (κ3) is 3.35. The topological polar surface area (TPSA) is 50.1 Å². The maximum atomic E-state index is 11.7. The van der Waals surface area contributed by atoms with Gasteiger partial charge in [-0.1, -0.05) is 12.1 Å². The standard InChI is InChI=1S/C16H19NO2/c1-2-19-16(18)15-9-7-14(8-10-15)13-5-3-12(11-17)4-6-13/h3-6,14-15H,2,7-10H2,1H3. The average molecular weight is 257 g/mol. The predicted molar refractivity (Wildman–Crippen MR) is 72.5 cm³/mol. The molecule has 1 fully saturated rings. The predicted octanol–water partition coefficient (Wildman–Crippen LogP) is 3.40. The summed E-state index contributed by atoms with van der Waals surface area (Å²) in [5.41, 5.74) is 1.98. The largest absolute Gasteiger partial charge is 0.466 e. The highest BCUT2D eigenvalue weighted by atomic mass is 16.5. The first-order chi connectivity index (χ1) is 9.24. The van der Waals surface area contributed by atoms with Crippen LogP contribution in [0.4, 0.5) is 0 Å². The smallest absolute Gasteiger partial charge is 0.308 e. The van der Waals surface area contributed by atoms with E-state index in [1.54, 1.807) is 0 Å². The summed E-state index contributed by atoms with van der Waals surface area (Å²) in [7, 11) is 0. The number of esters is 1. The molecule has 0 heterocycles. The fraction of sp³-hybridized carbons (Fsp3) is 0.500. The lowest BCUT2D eigenvalue weighted by Gasteiger charge is -2.27. The summed E-state index contributed by atoms with van der Waals surface area (Å²) in [5, 5.41) is 8.78. The first-order valence-corrected chi connectivity index (χ1v) is 6.91. The van der Waals surface area contributed by atoms with Crippen molar-refractivity contribution in [2.24, 2.45) is 5.92 Å². The molecule has 0 atom stereocenters. The minimum absolute atomic E-state index is 0.0409. The van der Waals surface area contributed by atoms with Crippen molar-refractivity contribution < 1.29 is 9.53 Å². The summed E-state index contributed by atoms with van der Waals surface area (Å²) in [5.74, 6) is 0.550. The molecule has 0 spiro atoms. The van der Waals surface area contributed by atoms with Crippen molar-refractivity contribution in [1.29, 1.82) is 5.26 Å². The molecule has 0 saturated heterocycles. The van der Waals surface area contributed by atoms with Gasteiger partial charge in [0.1, 0.15) is 0 Å². The number of hydrogen-bond acceptors (Lipinski definition) is 3. The van der Waals surface area contributed by atoms with E-state index in [1.807, 2.05) is 31.2 Å². The Balaban J connectivity index is 1.92. The van der Waals surface area contributed by atoms with Gasteiger partial charge in [-0.25, -0.2) is 0 Å². The second-order valence-corrected chi connectivity index (χ2v) is 5.03. The van der Waals surface area contributed by atoms with Gasteiger partial charge in [0.05, 0.1) is 24.2 Å². The van der Waals surface area contributed by atoms with Crippen LogP contribution in [0, 0.1) is 17.2 Å². The third-order valence-electron chi connectivity index (χ3n) is 3.86. The van der Waals surface area contributed by atoms with Crippen LogP contribution in [0.15, 0.2) is 24.3 Å². The lowest BCUT2D eigenvalue weighted by atomic mass is 9.78. The van der Waals surface area contributed by atoms with E-state index >= 15 is 0 Å². The molecule has 0 radical (unpaired) electrons. The van der Waals surface area contributed by atoms with Crippen LogP contribution >= 0.6 is 0 Å². The Kier molecular flexibility index (Phi) is 4.57. The van der Waals surface area contributed by atoms with Gasteiger partial charge in [-0.3, -0.25) is 4.79 Å². The van der Waals surface area contributed by atoms with Crippen LogP contribution < -0.4 is 0 Å². The minimum Gasteiger partial charge on any atom is -0.466 e. The van der Waals surface area contributed by atoms with E-state index in [9.17, 15) is 4.79 Å². The fourth-order valence-electron chi connectivity index (χ4n) is 2.75. The highest BCUT2D eigenvalue weighted by molar-refractivity contribution is 5.72. The SMILES string of the molecule is CCOC(=O)C1CCC(c2ccc(C#N)cc2)CC1. The van der Waals surface area contributed by atoms with Gasteiger partial charge in [0.25, 0.3) is 0 Å². The van der Waals surface area contributed by atoms with E-state index in [1.165, 1.54) is 5.56 Å². The number of nitriles is 1. The summed E-state index contributed by atoms with van der Waals surface area (Å²) < 4.78 is 5.08. The van der Waals surface area contributed by atoms with Gasteiger partial charge in [0, 0.05) is 0 Å². The molecule has 1 aliphatic rings. The van der Waals surface area contributed by atoms with Crippen LogP contribution in [0.25, 0.3) is 0 Å². The van der Waals surface area contributed by atoms with E-state index in [-0.39, 0.29) is 11.9 Å². The zero-order valence-electron chi connectivity index (χ0n) is 11.3. The van der Waals surface area contributed by atoms with E-state index in [2.05, 4.69) is 6.07 Å². The summed E-state index contributed by atoms with van der Waals surface area (Å²) in [6.07, 6.45) is 3.86. The van der Waals surface area contributed by atoms with Crippen molar-refractivity contribution in [3.8, 4) is 6.07 Å². The van der Waals surface area contributed by atoms with Crippen LogP contribution in [0.1, 0.15) is 49.7 Å². The number of carbonyl (C=O) groups is 1. The van der Waals surface area contributed by atoms with Crippen molar-refractivity contribution in [3.63, 3.8) is 0 Å². The highest BCUT2D eigenvalue weighted by Gasteiger charge is 2.27. The van der Waals surface area contributed by atoms with Gasteiger partial charge < -0.3 is 4.74 Å². The first-order valence-electron chi connectivity index (χ1n) is 6.91. The molecule has 0 aromatic heterocycles. The molecular weight excluding hydrogens is 238 g/mol. The molecule has 0 bridgehead atoms. The van der Waals surface area contributed by atoms with Crippen molar-refractivity contribution in [2.75, 3.05) is 6.61 Å². The lowest BCUT2D eigenvalue weighted by molar-refractivity contribution is -0.149. The van der Waals surface area contributed by atoms with Gasteiger partial charge in [-0.2, -0.15) is 5.26 Å². The maximum absolute atomic E-state index is 11.7. The summed E-state index contributed by atoms with van der Waals surface area (Å²) in [4.78, 5) is 11.7. The molecule has 1 aliphatic carbocycles. The first kappa shape index (κ1) is 13.6. The molecule has 1 aromatic rings. The zero-order chi connectivity index (χ0) is 13.7. The molecular formula is C16H19NO2. The number of ether oxygens (including phenoxy) is 1.